The summed E-state index contributed by atoms with van der Waals surface area (Å²) in [6, 6.07) is 7.72. The minimum Gasteiger partial charge on any atom is -0.308 e. The molecule has 0 bridgehead atoms. The Morgan fingerprint density at radius 3 is 2.70 bits per heavy atom. The minimum absolute atomic E-state index is 0.665. The number of hydrogen-bond acceptors (Lipinski definition) is 5. The van der Waals surface area contributed by atoms with Gasteiger partial charge in [0, 0.05) is 16.9 Å². The third kappa shape index (κ3) is 3.42. The predicted octanol–water partition coefficient (Wildman–Crippen LogP) is 3.83. The molecule has 2 rings (SSSR count). The first-order chi connectivity index (χ1) is 9.65. The molecule has 4 nitrogen and oxygen atoms in total. The Bertz CT molecular complexity index is 604. The van der Waals surface area contributed by atoms with E-state index in [1.807, 2.05) is 31.2 Å². The van der Waals surface area contributed by atoms with Gasteiger partial charge in [0.2, 0.25) is 0 Å². The number of nitrogens with one attached hydrogen (secondary N) is 1. The van der Waals surface area contributed by atoms with Gasteiger partial charge in [0.1, 0.15) is 16.7 Å². The zero-order valence-corrected chi connectivity index (χ0v) is 13.1. The van der Waals surface area contributed by atoms with Crippen molar-refractivity contribution in [1.82, 2.24) is 9.97 Å². The summed E-state index contributed by atoms with van der Waals surface area (Å²) < 4.78 is 0. The van der Waals surface area contributed by atoms with E-state index >= 15 is 0 Å². The van der Waals surface area contributed by atoms with E-state index < -0.39 is 0 Å². The SMILES string of the molecule is CCCc1nc(NN)c(C)c(Sc2ccccc2Cl)n1. The van der Waals surface area contributed by atoms with Crippen molar-refractivity contribution in [2.24, 2.45) is 5.84 Å². The number of hydrogen-bond donors (Lipinski definition) is 2. The van der Waals surface area contributed by atoms with E-state index in [2.05, 4.69) is 22.3 Å². The molecule has 1 heterocycles. The van der Waals surface area contributed by atoms with E-state index in [1.54, 1.807) is 0 Å². The van der Waals surface area contributed by atoms with Gasteiger partial charge in [-0.05, 0) is 25.5 Å². The van der Waals surface area contributed by atoms with Crippen LogP contribution in [0, 0.1) is 6.92 Å². The van der Waals surface area contributed by atoms with E-state index in [0.29, 0.717) is 5.82 Å². The lowest BCUT2D eigenvalue weighted by Crippen LogP contribution is -2.13. The summed E-state index contributed by atoms with van der Waals surface area (Å²) in [4.78, 5) is 9.99. The number of nitrogen functional groups attached to an aromatic ring is 1. The van der Waals surface area contributed by atoms with Crippen LogP contribution in [-0.2, 0) is 6.42 Å². The standard InChI is InChI=1S/C14H17ClN4S/c1-3-6-12-17-13(19-16)9(2)14(18-12)20-11-8-5-4-7-10(11)15/h4-5,7-8H,3,6,16H2,1-2H3,(H,17,18,19). The Labute approximate surface area is 128 Å². The molecule has 0 saturated carbocycles. The van der Waals surface area contributed by atoms with Crippen molar-refractivity contribution >= 4 is 29.2 Å². The summed E-state index contributed by atoms with van der Waals surface area (Å²) in [5.41, 5.74) is 3.57. The van der Waals surface area contributed by atoms with Gasteiger partial charge in [-0.15, -0.1) is 0 Å². The molecule has 0 atom stereocenters. The Balaban J connectivity index is 2.39. The van der Waals surface area contributed by atoms with Crippen LogP contribution in [-0.4, -0.2) is 9.97 Å². The summed E-state index contributed by atoms with van der Waals surface area (Å²) in [5, 5.41) is 1.60. The van der Waals surface area contributed by atoms with Crippen LogP contribution in [0.4, 0.5) is 5.82 Å². The second kappa shape index (κ2) is 6.92. The molecule has 3 N–H and O–H groups in total. The van der Waals surface area contributed by atoms with E-state index in [-0.39, 0.29) is 0 Å². The lowest BCUT2D eigenvalue weighted by molar-refractivity contribution is 0.802. The van der Waals surface area contributed by atoms with Crippen molar-refractivity contribution in [3.05, 3.63) is 40.7 Å². The average molecular weight is 309 g/mol. The quantitative estimate of drug-likeness (QED) is 0.499. The van der Waals surface area contributed by atoms with Gasteiger partial charge in [0.05, 0.1) is 5.02 Å². The van der Waals surface area contributed by atoms with Crippen molar-refractivity contribution in [2.75, 3.05) is 5.43 Å². The number of nitrogens with zero attached hydrogens (tertiary/aromatic N) is 2. The first-order valence-electron chi connectivity index (χ1n) is 6.42. The lowest BCUT2D eigenvalue weighted by atomic mass is 10.3. The molecule has 6 heteroatoms. The largest absolute Gasteiger partial charge is 0.308 e. The molecular weight excluding hydrogens is 292 g/mol. The van der Waals surface area contributed by atoms with E-state index in [0.717, 1.165) is 39.2 Å². The first-order valence-corrected chi connectivity index (χ1v) is 7.61. The molecule has 0 aliphatic carbocycles. The van der Waals surface area contributed by atoms with Gasteiger partial charge in [-0.2, -0.15) is 0 Å². The number of anilines is 1. The van der Waals surface area contributed by atoms with Crippen LogP contribution in [0.2, 0.25) is 5.02 Å². The molecular formula is C14H17ClN4S. The van der Waals surface area contributed by atoms with Gasteiger partial charge in [-0.3, -0.25) is 0 Å². The summed E-state index contributed by atoms with van der Waals surface area (Å²) in [6.07, 6.45) is 1.81. The molecule has 0 amide bonds. The van der Waals surface area contributed by atoms with Crippen LogP contribution >= 0.6 is 23.4 Å². The number of rotatable bonds is 5. The van der Waals surface area contributed by atoms with Crippen molar-refractivity contribution in [1.29, 1.82) is 0 Å². The Hall–Kier alpha value is -1.30. The number of benzene rings is 1. The second-order valence-corrected chi connectivity index (χ2v) is 5.78. The zero-order chi connectivity index (χ0) is 14.5. The van der Waals surface area contributed by atoms with Gasteiger partial charge < -0.3 is 5.43 Å². The van der Waals surface area contributed by atoms with Gasteiger partial charge in [-0.25, -0.2) is 15.8 Å². The number of aryl methyl sites for hydroxylation is 1. The van der Waals surface area contributed by atoms with E-state index in [4.69, 9.17) is 17.4 Å². The molecule has 0 radical (unpaired) electrons. The summed E-state index contributed by atoms with van der Waals surface area (Å²) in [7, 11) is 0. The van der Waals surface area contributed by atoms with Crippen LogP contribution in [0.3, 0.4) is 0 Å². The number of hydrazine groups is 1. The maximum Gasteiger partial charge on any atom is 0.147 e. The highest BCUT2D eigenvalue weighted by molar-refractivity contribution is 7.99. The molecule has 0 saturated heterocycles. The summed E-state index contributed by atoms with van der Waals surface area (Å²) >= 11 is 7.73. The smallest absolute Gasteiger partial charge is 0.147 e. The average Bonchev–Trinajstić information content (AvgIpc) is 2.45. The molecule has 0 unspecified atom stereocenters. The molecule has 0 spiro atoms. The highest BCUT2D eigenvalue weighted by Gasteiger charge is 2.12. The van der Waals surface area contributed by atoms with Crippen molar-refractivity contribution in [3.8, 4) is 0 Å². The van der Waals surface area contributed by atoms with Crippen molar-refractivity contribution < 1.29 is 0 Å². The highest BCUT2D eigenvalue weighted by atomic mass is 35.5. The Morgan fingerprint density at radius 1 is 1.30 bits per heavy atom. The maximum atomic E-state index is 6.20. The normalized spacial score (nSPS) is 10.6. The lowest BCUT2D eigenvalue weighted by Gasteiger charge is -2.12. The van der Waals surface area contributed by atoms with Crippen molar-refractivity contribution in [3.63, 3.8) is 0 Å². The fourth-order valence-electron chi connectivity index (χ4n) is 1.75. The molecule has 0 aliphatic rings. The third-order valence-electron chi connectivity index (χ3n) is 2.80. The Kier molecular flexibility index (Phi) is 5.23. The molecule has 1 aromatic carbocycles. The number of aromatic nitrogens is 2. The number of halogens is 1. The van der Waals surface area contributed by atoms with Crippen LogP contribution in [0.1, 0.15) is 24.7 Å². The molecule has 1 aromatic heterocycles. The van der Waals surface area contributed by atoms with Gasteiger partial charge >= 0.3 is 0 Å². The maximum absolute atomic E-state index is 6.20. The number of nitrogens with two attached hydrogens (primary N) is 1. The highest BCUT2D eigenvalue weighted by Crippen LogP contribution is 2.35. The minimum atomic E-state index is 0.665. The van der Waals surface area contributed by atoms with Gasteiger partial charge in [0.25, 0.3) is 0 Å². The molecule has 0 aliphatic heterocycles. The second-order valence-electron chi connectivity index (χ2n) is 4.35. The van der Waals surface area contributed by atoms with Crippen LogP contribution < -0.4 is 11.3 Å². The molecule has 106 valence electrons. The first kappa shape index (κ1) is 15.1. The Morgan fingerprint density at radius 2 is 2.05 bits per heavy atom. The monoisotopic (exact) mass is 308 g/mol. The van der Waals surface area contributed by atoms with Crippen LogP contribution in [0.25, 0.3) is 0 Å². The summed E-state index contributed by atoms with van der Waals surface area (Å²) in [6.45, 7) is 4.05. The van der Waals surface area contributed by atoms with Crippen LogP contribution in [0.5, 0.6) is 0 Å². The van der Waals surface area contributed by atoms with Crippen molar-refractivity contribution in [2.45, 2.75) is 36.6 Å². The van der Waals surface area contributed by atoms with Crippen LogP contribution in [0.15, 0.2) is 34.2 Å². The predicted molar refractivity (Wildman–Crippen MR) is 84.1 cm³/mol. The topological polar surface area (TPSA) is 63.8 Å². The van der Waals surface area contributed by atoms with Gasteiger partial charge in [0.15, 0.2) is 0 Å². The van der Waals surface area contributed by atoms with E-state index in [1.165, 1.54) is 11.8 Å². The zero-order valence-electron chi connectivity index (χ0n) is 11.5. The third-order valence-corrected chi connectivity index (χ3v) is 4.41. The molecule has 20 heavy (non-hydrogen) atoms. The fourth-order valence-corrected chi connectivity index (χ4v) is 2.92. The van der Waals surface area contributed by atoms with E-state index in [9.17, 15) is 0 Å². The van der Waals surface area contributed by atoms with Gasteiger partial charge in [-0.1, -0.05) is 42.4 Å². The summed E-state index contributed by atoms with van der Waals surface area (Å²) in [5.74, 6) is 6.99. The molecule has 0 fully saturated rings. The molecule has 2 aromatic rings. The fraction of sp³-hybridized carbons (Fsp3) is 0.286.